The van der Waals surface area contributed by atoms with Crippen molar-refractivity contribution in [3.8, 4) is 0 Å². The molecule has 10 heavy (non-hydrogen) atoms. The van der Waals surface area contributed by atoms with Gasteiger partial charge in [0.15, 0.2) is 0 Å². The van der Waals surface area contributed by atoms with E-state index in [2.05, 4.69) is 25.3 Å². The van der Waals surface area contributed by atoms with Crippen LogP contribution in [0.4, 0.5) is 0 Å². The molecule has 0 aromatic heterocycles. The normalized spacial score (nSPS) is 8.60. The lowest BCUT2D eigenvalue weighted by Gasteiger charge is -1.95. The molecule has 0 rings (SSSR count). The van der Waals surface area contributed by atoms with Crippen LogP contribution in [0, 0.1) is 0 Å². The summed E-state index contributed by atoms with van der Waals surface area (Å²) in [5, 5.41) is 0.558. The number of carbonyl (C=O) groups is 3. The van der Waals surface area contributed by atoms with Gasteiger partial charge in [-0.3, -0.25) is 14.4 Å². The van der Waals surface area contributed by atoms with Gasteiger partial charge in [-0.15, -0.1) is 12.6 Å². The molecule has 4 nitrogen and oxygen atoms in total. The quantitative estimate of drug-likeness (QED) is 0.385. The molecule has 0 heterocycles. The second kappa shape index (κ2) is 4.35. The third kappa shape index (κ3) is 4.39. The number of carbonyl (C=O) groups excluding carboxylic acids is 3. The zero-order chi connectivity index (χ0) is 8.15. The Kier molecular flexibility index (Phi) is 4.13. The molecule has 56 valence electrons. The van der Waals surface area contributed by atoms with Crippen LogP contribution in [0.3, 0.4) is 0 Å². The van der Waals surface area contributed by atoms with Gasteiger partial charge < -0.3 is 5.32 Å². The second-order valence-corrected chi connectivity index (χ2v) is 2.29. The van der Waals surface area contributed by atoms with Crippen molar-refractivity contribution in [3.05, 3.63) is 0 Å². The van der Waals surface area contributed by atoms with Crippen molar-refractivity contribution in [2.24, 2.45) is 0 Å². The van der Waals surface area contributed by atoms with E-state index in [1.807, 2.05) is 5.32 Å². The minimum absolute atomic E-state index is 0.256. The average Bonchev–Trinajstić information content (AvgIpc) is 1.82. The first-order valence-corrected chi connectivity index (χ1v) is 3.16. The Morgan fingerprint density at radius 2 is 1.70 bits per heavy atom. The van der Waals surface area contributed by atoms with Crippen LogP contribution in [0.5, 0.6) is 0 Å². The highest BCUT2D eigenvalue weighted by Crippen LogP contribution is 1.79. The molecule has 0 aliphatic heterocycles. The van der Waals surface area contributed by atoms with Crippen LogP contribution in [0.1, 0.15) is 0 Å². The molecule has 0 saturated heterocycles. The molecule has 6 heteroatoms. The summed E-state index contributed by atoms with van der Waals surface area (Å²) in [7, 11) is 0. The van der Waals surface area contributed by atoms with Gasteiger partial charge in [-0.05, 0) is 0 Å². The van der Waals surface area contributed by atoms with Gasteiger partial charge in [0.25, 0.3) is 11.0 Å². The molecule has 1 amide bonds. The van der Waals surface area contributed by atoms with Crippen molar-refractivity contribution in [1.29, 1.82) is 0 Å². The minimum atomic E-state index is -0.922. The van der Waals surface area contributed by atoms with Crippen molar-refractivity contribution in [2.75, 3.05) is 6.54 Å². The van der Waals surface area contributed by atoms with Crippen LogP contribution in [-0.2, 0) is 14.4 Å². The van der Waals surface area contributed by atoms with Crippen LogP contribution in [-0.4, -0.2) is 22.7 Å². The number of hydrogen-bond acceptors (Lipinski definition) is 3. The highest BCUT2D eigenvalue weighted by atomic mass is 32.1. The molecule has 0 radical (unpaired) electrons. The first kappa shape index (κ1) is 9.51. The monoisotopic (exact) mass is 179 g/mol. The molecule has 0 spiro atoms. The molecule has 0 aliphatic carbocycles. The predicted molar refractivity (Wildman–Crippen MR) is 41.0 cm³/mol. The van der Waals surface area contributed by atoms with Crippen molar-refractivity contribution in [1.82, 2.24) is 5.32 Å². The largest absolute Gasteiger partial charge is 0.341 e. The van der Waals surface area contributed by atoms with Gasteiger partial charge in [-0.1, -0.05) is 12.6 Å². The van der Waals surface area contributed by atoms with Gasteiger partial charge in [-0.25, -0.2) is 0 Å². The highest BCUT2D eigenvalue weighted by Gasteiger charge is 2.07. The third-order valence-corrected chi connectivity index (χ3v) is 0.956. The molecule has 0 fully saturated rings. The van der Waals surface area contributed by atoms with Gasteiger partial charge in [0.05, 0.1) is 6.54 Å². The molecule has 0 aliphatic rings. The summed E-state index contributed by atoms with van der Waals surface area (Å²) < 4.78 is 0. The van der Waals surface area contributed by atoms with Crippen LogP contribution < -0.4 is 5.32 Å². The fraction of sp³-hybridized carbons (Fsp3) is 0.250. The maximum absolute atomic E-state index is 10.3. The summed E-state index contributed by atoms with van der Waals surface area (Å²) in [5.74, 6) is -0.897. The maximum Gasteiger partial charge on any atom is 0.298 e. The number of rotatable bonds is 3. The third-order valence-electron chi connectivity index (χ3n) is 0.594. The van der Waals surface area contributed by atoms with Gasteiger partial charge in [0.1, 0.15) is 0 Å². The van der Waals surface area contributed by atoms with E-state index in [1.54, 1.807) is 0 Å². The summed E-state index contributed by atoms with van der Waals surface area (Å²) in [5.41, 5.74) is 0. The number of nitrogens with one attached hydrogen (secondary N) is 1. The Labute approximate surface area is 68.2 Å². The van der Waals surface area contributed by atoms with E-state index in [0.29, 0.717) is 0 Å². The lowest BCUT2D eigenvalue weighted by Crippen LogP contribution is -2.31. The molecule has 0 atom stereocenters. The summed E-state index contributed by atoms with van der Waals surface area (Å²) in [6.07, 6.45) is 0. The van der Waals surface area contributed by atoms with E-state index in [1.165, 1.54) is 0 Å². The first-order valence-electron chi connectivity index (χ1n) is 2.27. The van der Waals surface area contributed by atoms with E-state index < -0.39 is 16.1 Å². The SMILES string of the molecule is O=C(S)CNC(=O)C(=O)S. The fourth-order valence-electron chi connectivity index (χ4n) is 0.232. The number of hydrogen-bond donors (Lipinski definition) is 3. The molecule has 0 aromatic carbocycles. The van der Waals surface area contributed by atoms with E-state index >= 15 is 0 Å². The average molecular weight is 179 g/mol. The van der Waals surface area contributed by atoms with Crippen LogP contribution in [0.25, 0.3) is 0 Å². The molecule has 1 N–H and O–H groups in total. The van der Waals surface area contributed by atoms with Crippen molar-refractivity contribution >= 4 is 41.4 Å². The molecule has 0 saturated carbocycles. The molecular formula is C4H5NO3S2. The summed E-state index contributed by atoms with van der Waals surface area (Å²) in [4.78, 5) is 30.5. The standard InChI is InChI=1S/C4H5NO3S2/c6-2(9)1-5-3(7)4(8)10/h1H2,(H,5,7)(H,6,9)(H,8,10). The highest BCUT2D eigenvalue weighted by molar-refractivity contribution is 7.98. The van der Waals surface area contributed by atoms with Crippen LogP contribution >= 0.6 is 25.3 Å². The Hall–Kier alpha value is -0.490. The van der Waals surface area contributed by atoms with Crippen LogP contribution in [0.2, 0.25) is 0 Å². The van der Waals surface area contributed by atoms with E-state index in [4.69, 9.17) is 0 Å². The van der Waals surface area contributed by atoms with Crippen molar-refractivity contribution in [3.63, 3.8) is 0 Å². The second-order valence-electron chi connectivity index (χ2n) is 1.38. The summed E-state index contributed by atoms with van der Waals surface area (Å²) in [6, 6.07) is 0. The van der Waals surface area contributed by atoms with Gasteiger partial charge in [0, 0.05) is 0 Å². The van der Waals surface area contributed by atoms with Gasteiger partial charge in [0.2, 0.25) is 5.12 Å². The molecule has 0 aromatic rings. The number of thiol groups is 2. The zero-order valence-electron chi connectivity index (χ0n) is 4.83. The van der Waals surface area contributed by atoms with Gasteiger partial charge >= 0.3 is 0 Å². The Balaban J connectivity index is 3.60. The Morgan fingerprint density at radius 3 is 2.00 bits per heavy atom. The zero-order valence-corrected chi connectivity index (χ0v) is 6.62. The molecule has 0 bridgehead atoms. The first-order chi connectivity index (χ1) is 4.54. The lowest BCUT2D eigenvalue weighted by molar-refractivity contribution is -0.133. The lowest BCUT2D eigenvalue weighted by atomic mass is 10.6. The molecule has 0 unspecified atom stereocenters. The summed E-state index contributed by atoms with van der Waals surface area (Å²) >= 11 is 6.56. The molecular weight excluding hydrogens is 174 g/mol. The van der Waals surface area contributed by atoms with E-state index in [-0.39, 0.29) is 6.54 Å². The fourth-order valence-corrected chi connectivity index (χ4v) is 0.390. The topological polar surface area (TPSA) is 63.2 Å². The van der Waals surface area contributed by atoms with E-state index in [9.17, 15) is 14.4 Å². The van der Waals surface area contributed by atoms with E-state index in [0.717, 1.165) is 0 Å². The van der Waals surface area contributed by atoms with Crippen LogP contribution in [0.15, 0.2) is 0 Å². The minimum Gasteiger partial charge on any atom is -0.341 e. The van der Waals surface area contributed by atoms with Crippen molar-refractivity contribution < 1.29 is 14.4 Å². The Bertz CT molecular complexity index is 179. The number of amides is 1. The predicted octanol–water partition coefficient (Wildman–Crippen LogP) is -0.985. The maximum atomic E-state index is 10.3. The smallest absolute Gasteiger partial charge is 0.298 e. The van der Waals surface area contributed by atoms with Gasteiger partial charge in [-0.2, -0.15) is 0 Å². The summed E-state index contributed by atoms with van der Waals surface area (Å²) in [6.45, 7) is -0.256. The Morgan fingerprint density at radius 1 is 1.20 bits per heavy atom. The van der Waals surface area contributed by atoms with Crippen molar-refractivity contribution in [2.45, 2.75) is 0 Å².